The maximum Gasteiger partial charge on any atom is 0.428 e. The first kappa shape index (κ1) is 11.7. The van der Waals surface area contributed by atoms with Crippen LogP contribution in [0.4, 0.5) is 4.79 Å². The zero-order valence-electron chi connectivity index (χ0n) is 10.2. The molecule has 1 aliphatic rings. The molecule has 0 aromatic heterocycles. The Balaban J connectivity index is 1.79. The van der Waals surface area contributed by atoms with Crippen LogP contribution in [-0.4, -0.2) is 11.2 Å². The Morgan fingerprint density at radius 1 is 1.16 bits per heavy atom. The number of rotatable bonds is 3. The number of amides is 1. The molecule has 1 aliphatic carbocycles. The van der Waals surface area contributed by atoms with Gasteiger partial charge in [-0.2, -0.15) is 5.48 Å². The van der Waals surface area contributed by atoms with E-state index < -0.39 is 6.09 Å². The van der Waals surface area contributed by atoms with Gasteiger partial charge in [0.15, 0.2) is 0 Å². The molecule has 2 aromatic carbocycles. The van der Waals surface area contributed by atoms with Gasteiger partial charge < -0.3 is 5.11 Å². The highest BCUT2D eigenvalue weighted by Gasteiger charge is 2.17. The van der Waals surface area contributed by atoms with E-state index in [0.29, 0.717) is 0 Å². The molecule has 4 heteroatoms. The summed E-state index contributed by atoms with van der Waals surface area (Å²) >= 11 is 0. The minimum atomic E-state index is -1.19. The van der Waals surface area contributed by atoms with Crippen LogP contribution in [0.2, 0.25) is 0 Å². The number of fused-ring (bicyclic) bond motifs is 3. The molecular weight excluding hydrogens is 242 g/mol. The third-order valence-corrected chi connectivity index (χ3v) is 3.26. The molecule has 4 nitrogen and oxygen atoms in total. The van der Waals surface area contributed by atoms with Crippen LogP contribution >= 0.6 is 0 Å². The lowest BCUT2D eigenvalue weighted by atomic mass is 10.0. The first-order chi connectivity index (χ1) is 9.24. The van der Waals surface area contributed by atoms with Crippen molar-refractivity contribution in [3.05, 3.63) is 59.2 Å². The van der Waals surface area contributed by atoms with E-state index in [9.17, 15) is 4.79 Å². The number of carboxylic acid groups (broad SMARTS) is 1. The Bertz CT molecular complexity index is 637. The van der Waals surface area contributed by atoms with Crippen LogP contribution in [0, 0.1) is 0 Å². The largest absolute Gasteiger partial charge is 0.464 e. The summed E-state index contributed by atoms with van der Waals surface area (Å²) in [4.78, 5) is 15.2. The van der Waals surface area contributed by atoms with Gasteiger partial charge in [0, 0.05) is 0 Å². The van der Waals surface area contributed by atoms with Gasteiger partial charge in [-0.3, -0.25) is 4.84 Å². The number of carbonyl (C=O) groups is 1. The molecular formula is C15H13NO3. The van der Waals surface area contributed by atoms with Gasteiger partial charge in [-0.15, -0.1) is 0 Å². The number of hydroxylamine groups is 1. The summed E-state index contributed by atoms with van der Waals surface area (Å²) in [5, 5.41) is 8.43. The molecule has 0 fully saturated rings. The van der Waals surface area contributed by atoms with Crippen molar-refractivity contribution in [1.29, 1.82) is 0 Å². The van der Waals surface area contributed by atoms with Crippen LogP contribution in [-0.2, 0) is 17.9 Å². The molecule has 0 atom stereocenters. The van der Waals surface area contributed by atoms with Crippen LogP contribution in [0.5, 0.6) is 0 Å². The lowest BCUT2D eigenvalue weighted by Gasteiger charge is -2.05. The lowest BCUT2D eigenvalue weighted by Crippen LogP contribution is -2.20. The molecule has 3 rings (SSSR count). The van der Waals surface area contributed by atoms with Gasteiger partial charge in [0.25, 0.3) is 0 Å². The fourth-order valence-electron chi connectivity index (χ4n) is 2.47. The quantitative estimate of drug-likeness (QED) is 0.707. The molecule has 0 bridgehead atoms. The summed E-state index contributed by atoms with van der Waals surface area (Å²) in [6, 6.07) is 14.5. The molecule has 19 heavy (non-hydrogen) atoms. The minimum Gasteiger partial charge on any atom is -0.464 e. The van der Waals surface area contributed by atoms with Gasteiger partial charge in [-0.05, 0) is 34.2 Å². The summed E-state index contributed by atoms with van der Waals surface area (Å²) in [5.74, 6) is 0. The van der Waals surface area contributed by atoms with E-state index in [1.165, 1.54) is 22.3 Å². The Kier molecular flexibility index (Phi) is 2.93. The Hall–Kier alpha value is -2.33. The van der Waals surface area contributed by atoms with E-state index in [1.54, 1.807) is 0 Å². The molecule has 0 saturated carbocycles. The predicted octanol–water partition coefficient (Wildman–Crippen LogP) is 2.96. The highest BCUT2D eigenvalue weighted by atomic mass is 16.7. The number of benzene rings is 2. The number of hydrogen-bond donors (Lipinski definition) is 2. The second kappa shape index (κ2) is 4.74. The zero-order chi connectivity index (χ0) is 13.2. The van der Waals surface area contributed by atoms with E-state index in [-0.39, 0.29) is 6.61 Å². The van der Waals surface area contributed by atoms with Crippen LogP contribution < -0.4 is 5.48 Å². The second-order valence-electron chi connectivity index (χ2n) is 4.52. The SMILES string of the molecule is O=C(O)NOCc1ccc2c(c1)Cc1ccccc1-2. The summed E-state index contributed by atoms with van der Waals surface area (Å²) in [7, 11) is 0. The summed E-state index contributed by atoms with van der Waals surface area (Å²) < 4.78 is 0. The number of hydrogen-bond acceptors (Lipinski definition) is 2. The number of nitrogens with one attached hydrogen (secondary N) is 1. The molecule has 0 spiro atoms. The average Bonchev–Trinajstić information content (AvgIpc) is 2.76. The van der Waals surface area contributed by atoms with Gasteiger partial charge in [-0.25, -0.2) is 4.79 Å². The van der Waals surface area contributed by atoms with E-state index in [1.807, 2.05) is 23.7 Å². The van der Waals surface area contributed by atoms with Crippen molar-refractivity contribution >= 4 is 6.09 Å². The Labute approximate surface area is 110 Å². The van der Waals surface area contributed by atoms with Crippen LogP contribution in [0.25, 0.3) is 11.1 Å². The van der Waals surface area contributed by atoms with Crippen LogP contribution in [0.3, 0.4) is 0 Å². The van der Waals surface area contributed by atoms with Gasteiger partial charge in [0.1, 0.15) is 0 Å². The summed E-state index contributed by atoms with van der Waals surface area (Å²) in [6.07, 6.45) is -0.264. The van der Waals surface area contributed by atoms with Gasteiger partial charge in [0.05, 0.1) is 6.61 Å². The van der Waals surface area contributed by atoms with Crippen molar-refractivity contribution in [1.82, 2.24) is 5.48 Å². The Morgan fingerprint density at radius 3 is 2.79 bits per heavy atom. The van der Waals surface area contributed by atoms with E-state index in [2.05, 4.69) is 24.3 Å². The molecule has 0 unspecified atom stereocenters. The van der Waals surface area contributed by atoms with E-state index in [0.717, 1.165) is 12.0 Å². The smallest absolute Gasteiger partial charge is 0.428 e. The molecule has 2 N–H and O–H groups in total. The van der Waals surface area contributed by atoms with Crippen LogP contribution in [0.15, 0.2) is 42.5 Å². The first-order valence-corrected chi connectivity index (χ1v) is 6.05. The minimum absolute atomic E-state index is 0.232. The lowest BCUT2D eigenvalue weighted by molar-refractivity contribution is 0.0314. The third-order valence-electron chi connectivity index (χ3n) is 3.26. The van der Waals surface area contributed by atoms with Crippen molar-refractivity contribution in [2.24, 2.45) is 0 Å². The monoisotopic (exact) mass is 255 g/mol. The molecule has 0 saturated heterocycles. The molecule has 0 radical (unpaired) electrons. The Morgan fingerprint density at radius 2 is 1.95 bits per heavy atom. The molecule has 0 heterocycles. The van der Waals surface area contributed by atoms with E-state index >= 15 is 0 Å². The zero-order valence-corrected chi connectivity index (χ0v) is 10.2. The maximum atomic E-state index is 10.3. The molecule has 96 valence electrons. The normalized spacial score (nSPS) is 11.8. The van der Waals surface area contributed by atoms with Crippen molar-refractivity contribution in [2.45, 2.75) is 13.0 Å². The fourth-order valence-corrected chi connectivity index (χ4v) is 2.47. The van der Waals surface area contributed by atoms with Crippen molar-refractivity contribution < 1.29 is 14.7 Å². The fraction of sp³-hybridized carbons (Fsp3) is 0.133. The average molecular weight is 255 g/mol. The molecule has 1 amide bonds. The highest BCUT2D eigenvalue weighted by molar-refractivity contribution is 5.76. The molecule has 0 aliphatic heterocycles. The second-order valence-corrected chi connectivity index (χ2v) is 4.52. The van der Waals surface area contributed by atoms with E-state index in [4.69, 9.17) is 9.94 Å². The third kappa shape index (κ3) is 2.30. The predicted molar refractivity (Wildman–Crippen MR) is 70.6 cm³/mol. The topological polar surface area (TPSA) is 58.6 Å². The van der Waals surface area contributed by atoms with Crippen molar-refractivity contribution in [3.63, 3.8) is 0 Å². The summed E-state index contributed by atoms with van der Waals surface area (Å²) in [6.45, 7) is 0.232. The van der Waals surface area contributed by atoms with Crippen LogP contribution in [0.1, 0.15) is 16.7 Å². The van der Waals surface area contributed by atoms with Gasteiger partial charge >= 0.3 is 6.09 Å². The van der Waals surface area contributed by atoms with Gasteiger partial charge in [0.2, 0.25) is 0 Å². The van der Waals surface area contributed by atoms with Crippen molar-refractivity contribution in [2.75, 3.05) is 0 Å². The van der Waals surface area contributed by atoms with Gasteiger partial charge in [-0.1, -0.05) is 42.5 Å². The van der Waals surface area contributed by atoms with Crippen molar-refractivity contribution in [3.8, 4) is 11.1 Å². The standard InChI is InChI=1S/C15H13NO3/c17-15(18)16-19-9-10-5-6-14-12(7-10)8-11-3-1-2-4-13(11)14/h1-7,16H,8-9H2,(H,17,18). The maximum absolute atomic E-state index is 10.3. The molecule has 2 aromatic rings. The summed E-state index contributed by atoms with van der Waals surface area (Å²) in [5.41, 5.74) is 7.99. The first-order valence-electron chi connectivity index (χ1n) is 6.05. The highest BCUT2D eigenvalue weighted by Crippen LogP contribution is 2.36.